The van der Waals surface area contributed by atoms with Crippen LogP contribution >= 0.6 is 11.3 Å². The van der Waals surface area contributed by atoms with Gasteiger partial charge in [-0.05, 0) is 53.6 Å². The van der Waals surface area contributed by atoms with Gasteiger partial charge in [-0.1, -0.05) is 42.5 Å². The highest BCUT2D eigenvalue weighted by Gasteiger charge is 2.32. The quantitative estimate of drug-likeness (QED) is 0.677. The maximum absolute atomic E-state index is 13.0. The molecule has 0 aliphatic carbocycles. The van der Waals surface area contributed by atoms with Gasteiger partial charge < -0.3 is 9.64 Å². The third kappa shape index (κ3) is 3.37. The number of carbonyl (C=O) groups is 1. The summed E-state index contributed by atoms with van der Waals surface area (Å²) in [6.07, 6.45) is 0.909. The summed E-state index contributed by atoms with van der Waals surface area (Å²) in [5.41, 5.74) is 3.52. The highest BCUT2D eigenvalue weighted by Crippen LogP contribution is 2.37. The number of hydrogen-bond acceptors (Lipinski definition) is 3. The predicted molar refractivity (Wildman–Crippen MR) is 105 cm³/mol. The van der Waals surface area contributed by atoms with Crippen LogP contribution in [0.2, 0.25) is 0 Å². The first-order valence-electron chi connectivity index (χ1n) is 8.82. The Hall–Kier alpha value is -2.59. The van der Waals surface area contributed by atoms with Gasteiger partial charge in [-0.25, -0.2) is 0 Å². The second-order valence-electron chi connectivity index (χ2n) is 6.55. The van der Waals surface area contributed by atoms with E-state index in [1.807, 2.05) is 54.3 Å². The van der Waals surface area contributed by atoms with Gasteiger partial charge >= 0.3 is 0 Å². The monoisotopic (exact) mass is 363 g/mol. The van der Waals surface area contributed by atoms with Crippen molar-refractivity contribution in [3.63, 3.8) is 0 Å². The van der Waals surface area contributed by atoms with Gasteiger partial charge in [0.25, 0.3) is 5.91 Å². The van der Waals surface area contributed by atoms with E-state index in [4.69, 9.17) is 4.74 Å². The molecule has 1 aliphatic heterocycles. The van der Waals surface area contributed by atoms with Crippen LogP contribution in [-0.4, -0.2) is 24.0 Å². The van der Waals surface area contributed by atoms with E-state index in [-0.39, 0.29) is 18.6 Å². The molecule has 0 fully saturated rings. The van der Waals surface area contributed by atoms with Gasteiger partial charge in [0, 0.05) is 11.4 Å². The molecule has 1 amide bonds. The second kappa shape index (κ2) is 7.34. The van der Waals surface area contributed by atoms with Gasteiger partial charge in [0.05, 0.1) is 6.04 Å². The van der Waals surface area contributed by atoms with Gasteiger partial charge in [0.15, 0.2) is 6.61 Å². The highest BCUT2D eigenvalue weighted by molar-refractivity contribution is 7.10. The largest absolute Gasteiger partial charge is 0.484 e. The molecule has 0 unspecified atom stereocenters. The lowest BCUT2D eigenvalue weighted by molar-refractivity contribution is -0.135. The van der Waals surface area contributed by atoms with Crippen molar-refractivity contribution in [3.8, 4) is 5.75 Å². The molecule has 1 aliphatic rings. The SMILES string of the molecule is Cc1cccc(OCC(=O)N2CCc3sccc3[C@@H]2c2ccccc2)c1. The molecule has 0 saturated carbocycles. The number of aryl methyl sites for hydroxylation is 1. The van der Waals surface area contributed by atoms with Crippen LogP contribution in [0, 0.1) is 6.92 Å². The second-order valence-corrected chi connectivity index (χ2v) is 7.56. The van der Waals surface area contributed by atoms with Crippen molar-refractivity contribution in [2.24, 2.45) is 0 Å². The Morgan fingerprint density at radius 1 is 1.15 bits per heavy atom. The van der Waals surface area contributed by atoms with E-state index >= 15 is 0 Å². The molecule has 3 nitrogen and oxygen atoms in total. The Morgan fingerprint density at radius 2 is 2.00 bits per heavy atom. The Morgan fingerprint density at radius 3 is 2.81 bits per heavy atom. The van der Waals surface area contributed by atoms with Crippen LogP contribution in [0.1, 0.15) is 27.6 Å². The van der Waals surface area contributed by atoms with E-state index in [9.17, 15) is 4.79 Å². The van der Waals surface area contributed by atoms with Crippen LogP contribution in [-0.2, 0) is 11.2 Å². The smallest absolute Gasteiger partial charge is 0.261 e. The van der Waals surface area contributed by atoms with Crippen molar-refractivity contribution in [3.05, 3.63) is 87.6 Å². The Balaban J connectivity index is 1.57. The molecule has 2 heterocycles. The molecular weight excluding hydrogens is 342 g/mol. The summed E-state index contributed by atoms with van der Waals surface area (Å²) in [6, 6.07) is 20.2. The fourth-order valence-electron chi connectivity index (χ4n) is 3.51. The average Bonchev–Trinajstić information content (AvgIpc) is 3.15. The molecule has 0 radical (unpaired) electrons. The van der Waals surface area contributed by atoms with E-state index < -0.39 is 0 Å². The first kappa shape index (κ1) is 16.9. The summed E-state index contributed by atoms with van der Waals surface area (Å²) in [5, 5.41) is 2.12. The molecule has 1 aromatic heterocycles. The van der Waals surface area contributed by atoms with Gasteiger partial charge in [-0.2, -0.15) is 0 Å². The predicted octanol–water partition coefficient (Wildman–Crippen LogP) is 4.61. The maximum atomic E-state index is 13.0. The van der Waals surface area contributed by atoms with Crippen molar-refractivity contribution >= 4 is 17.2 Å². The maximum Gasteiger partial charge on any atom is 0.261 e. The van der Waals surface area contributed by atoms with Crippen molar-refractivity contribution in [1.82, 2.24) is 4.90 Å². The molecule has 1 atom stereocenters. The zero-order valence-corrected chi connectivity index (χ0v) is 15.5. The molecule has 0 saturated heterocycles. The van der Waals surface area contributed by atoms with Crippen LogP contribution in [0.5, 0.6) is 5.75 Å². The first-order chi connectivity index (χ1) is 12.7. The van der Waals surface area contributed by atoms with E-state index in [2.05, 4.69) is 23.6 Å². The average molecular weight is 363 g/mol. The summed E-state index contributed by atoms with van der Waals surface area (Å²) < 4.78 is 5.77. The lowest BCUT2D eigenvalue weighted by atomic mass is 9.93. The molecule has 3 aromatic rings. The third-order valence-electron chi connectivity index (χ3n) is 4.75. The van der Waals surface area contributed by atoms with Crippen molar-refractivity contribution in [2.45, 2.75) is 19.4 Å². The number of nitrogens with zero attached hydrogens (tertiary/aromatic N) is 1. The number of thiophene rings is 1. The number of amides is 1. The van der Waals surface area contributed by atoms with Crippen LogP contribution in [0.15, 0.2) is 66.0 Å². The molecule has 4 heteroatoms. The van der Waals surface area contributed by atoms with Gasteiger partial charge in [0.1, 0.15) is 5.75 Å². The lowest BCUT2D eigenvalue weighted by Crippen LogP contribution is -2.42. The summed E-state index contributed by atoms with van der Waals surface area (Å²) >= 11 is 1.78. The van der Waals surface area contributed by atoms with Crippen LogP contribution in [0.3, 0.4) is 0 Å². The fraction of sp³-hybridized carbons (Fsp3) is 0.227. The molecular formula is C22H21NO2S. The van der Waals surface area contributed by atoms with Crippen molar-refractivity contribution in [2.75, 3.05) is 13.2 Å². The van der Waals surface area contributed by atoms with E-state index in [0.717, 1.165) is 29.8 Å². The molecule has 2 aromatic carbocycles. The third-order valence-corrected chi connectivity index (χ3v) is 5.75. The van der Waals surface area contributed by atoms with Gasteiger partial charge in [-0.15, -0.1) is 11.3 Å². The molecule has 132 valence electrons. The standard InChI is InChI=1S/C22H21NO2S/c1-16-6-5-9-18(14-16)25-15-21(24)23-12-10-20-19(11-13-26-20)22(23)17-7-3-2-4-8-17/h2-9,11,13-14,22H,10,12,15H2,1H3/t22-/m0/s1. The van der Waals surface area contributed by atoms with Crippen molar-refractivity contribution in [1.29, 1.82) is 0 Å². The van der Waals surface area contributed by atoms with Crippen molar-refractivity contribution < 1.29 is 9.53 Å². The van der Waals surface area contributed by atoms with E-state index in [0.29, 0.717) is 0 Å². The summed E-state index contributed by atoms with van der Waals surface area (Å²) in [6.45, 7) is 2.80. The van der Waals surface area contributed by atoms with Crippen LogP contribution in [0.25, 0.3) is 0 Å². The molecule has 4 rings (SSSR count). The highest BCUT2D eigenvalue weighted by atomic mass is 32.1. The van der Waals surface area contributed by atoms with Gasteiger partial charge in [-0.3, -0.25) is 4.79 Å². The number of rotatable bonds is 4. The zero-order chi connectivity index (χ0) is 17.9. The first-order valence-corrected chi connectivity index (χ1v) is 9.70. The molecule has 0 N–H and O–H groups in total. The number of ether oxygens (including phenoxy) is 1. The summed E-state index contributed by atoms with van der Waals surface area (Å²) in [5.74, 6) is 0.764. The minimum Gasteiger partial charge on any atom is -0.484 e. The van der Waals surface area contributed by atoms with Gasteiger partial charge in [0.2, 0.25) is 0 Å². The minimum atomic E-state index is -0.0280. The number of benzene rings is 2. The zero-order valence-electron chi connectivity index (χ0n) is 14.7. The van der Waals surface area contributed by atoms with Crippen LogP contribution in [0.4, 0.5) is 0 Å². The number of hydrogen-bond donors (Lipinski definition) is 0. The summed E-state index contributed by atoms with van der Waals surface area (Å²) in [7, 11) is 0. The Bertz CT molecular complexity index is 903. The number of carbonyl (C=O) groups excluding carboxylic acids is 1. The summed E-state index contributed by atoms with van der Waals surface area (Å²) in [4.78, 5) is 16.3. The van der Waals surface area contributed by atoms with E-state index in [1.165, 1.54) is 10.4 Å². The van der Waals surface area contributed by atoms with E-state index in [1.54, 1.807) is 11.3 Å². The lowest BCUT2D eigenvalue weighted by Gasteiger charge is -2.36. The Labute approximate surface area is 157 Å². The van der Waals surface area contributed by atoms with Crippen LogP contribution < -0.4 is 4.74 Å². The normalized spacial score (nSPS) is 16.2. The minimum absolute atomic E-state index is 0.0252. The number of fused-ring (bicyclic) bond motifs is 1. The fourth-order valence-corrected chi connectivity index (χ4v) is 4.42. The molecule has 0 bridgehead atoms. The molecule has 26 heavy (non-hydrogen) atoms. The Kier molecular flexibility index (Phi) is 4.76. The topological polar surface area (TPSA) is 29.5 Å². The molecule has 0 spiro atoms.